The second-order valence-electron chi connectivity index (χ2n) is 1.78. The Morgan fingerprint density at radius 1 is 1.60 bits per heavy atom. The zero-order valence-electron chi connectivity index (χ0n) is 5.21. The maximum atomic E-state index is 5.29. The number of rotatable bonds is 2. The first-order valence-corrected chi connectivity index (χ1v) is 2.85. The fourth-order valence-corrected chi connectivity index (χ4v) is 0.726. The van der Waals surface area contributed by atoms with Crippen LogP contribution in [0, 0.1) is 0 Å². The van der Waals surface area contributed by atoms with Crippen LogP contribution in [-0.2, 0) is 0 Å². The Morgan fingerprint density at radius 3 is 2.70 bits per heavy atom. The van der Waals surface area contributed by atoms with Crippen LogP contribution in [0.15, 0.2) is 16.8 Å². The van der Waals surface area contributed by atoms with Crippen molar-refractivity contribution in [3.63, 3.8) is 0 Å². The number of aliphatic imine (C=N–C) groups is 1. The number of hydrogen-bond acceptors (Lipinski definition) is 2. The van der Waals surface area contributed by atoms with E-state index in [1.54, 1.807) is 0 Å². The fraction of sp³-hybridized carbons (Fsp3) is 0.571. The quantitative estimate of drug-likeness (QED) is 0.660. The van der Waals surface area contributed by atoms with Crippen LogP contribution in [0.4, 0.5) is 0 Å². The van der Waals surface area contributed by atoms with Crippen molar-refractivity contribution >= 4 is 18.6 Å². The Kier molecular flexibility index (Phi) is 8.37. The van der Waals surface area contributed by atoms with Gasteiger partial charge in [-0.2, -0.15) is 0 Å². The summed E-state index contributed by atoms with van der Waals surface area (Å²) in [6, 6.07) is 0. The van der Waals surface area contributed by atoms with Crippen molar-refractivity contribution in [1.29, 1.82) is 0 Å². The van der Waals surface area contributed by atoms with Gasteiger partial charge in [0.15, 0.2) is 0 Å². The van der Waals surface area contributed by atoms with Crippen molar-refractivity contribution in [2.45, 2.75) is 20.3 Å². The van der Waals surface area contributed by atoms with Gasteiger partial charge in [-0.05, 0) is 6.54 Å². The predicted octanol–water partition coefficient (Wildman–Crippen LogP) is 1.75. The van der Waals surface area contributed by atoms with E-state index in [9.17, 15) is 0 Å². The van der Waals surface area contributed by atoms with Crippen molar-refractivity contribution in [3.8, 4) is 0 Å². The molecular weight excluding hydrogens is 148 g/mol. The van der Waals surface area contributed by atoms with Gasteiger partial charge in [-0.3, -0.25) is 4.99 Å². The molecule has 10 heavy (non-hydrogen) atoms. The summed E-state index contributed by atoms with van der Waals surface area (Å²) in [5, 5.41) is 0. The van der Waals surface area contributed by atoms with E-state index in [4.69, 9.17) is 5.73 Å². The highest BCUT2D eigenvalue weighted by molar-refractivity contribution is 5.85. The van der Waals surface area contributed by atoms with E-state index >= 15 is 0 Å². The molecule has 1 aliphatic rings. The molecule has 0 aromatic rings. The third-order valence-corrected chi connectivity index (χ3v) is 1.12. The van der Waals surface area contributed by atoms with Crippen molar-refractivity contribution in [3.05, 3.63) is 11.8 Å². The summed E-state index contributed by atoms with van der Waals surface area (Å²) in [6.07, 6.45) is 5.93. The lowest BCUT2D eigenvalue weighted by Gasteiger charge is -1.89. The summed E-state index contributed by atoms with van der Waals surface area (Å²) in [7, 11) is 0. The molecule has 0 saturated carbocycles. The molecule has 1 heterocycles. The summed E-state index contributed by atoms with van der Waals surface area (Å²) < 4.78 is 0. The SMILES string of the molecule is C.Cl.NCCC1=CCC=N1. The average Bonchev–Trinajstić information content (AvgIpc) is 2.19. The zero-order valence-corrected chi connectivity index (χ0v) is 6.03. The van der Waals surface area contributed by atoms with Crippen LogP contribution < -0.4 is 5.73 Å². The van der Waals surface area contributed by atoms with Gasteiger partial charge < -0.3 is 5.73 Å². The van der Waals surface area contributed by atoms with Crippen LogP contribution in [0.3, 0.4) is 0 Å². The van der Waals surface area contributed by atoms with Crippen molar-refractivity contribution in [2.75, 3.05) is 6.54 Å². The summed E-state index contributed by atoms with van der Waals surface area (Å²) in [5.74, 6) is 0. The molecule has 0 atom stereocenters. The number of nitrogens with zero attached hydrogens (tertiary/aromatic N) is 1. The van der Waals surface area contributed by atoms with E-state index < -0.39 is 0 Å². The third kappa shape index (κ3) is 3.64. The zero-order chi connectivity index (χ0) is 5.82. The molecule has 0 spiro atoms. The highest BCUT2D eigenvalue weighted by atomic mass is 35.5. The number of halogens is 1. The summed E-state index contributed by atoms with van der Waals surface area (Å²) in [5.41, 5.74) is 6.44. The molecule has 2 N–H and O–H groups in total. The van der Waals surface area contributed by atoms with Gasteiger partial charge in [0.05, 0.1) is 0 Å². The molecule has 0 saturated heterocycles. The standard InChI is InChI=1S/C6H10N2.CH4.ClH/c7-4-3-6-2-1-5-8-6;;/h2,5H,1,3-4,7H2;1H4;1H. The molecule has 0 radical (unpaired) electrons. The second-order valence-corrected chi connectivity index (χ2v) is 1.78. The van der Waals surface area contributed by atoms with Gasteiger partial charge in [0, 0.05) is 24.8 Å². The molecular formula is C7H15ClN2. The molecule has 0 unspecified atom stereocenters. The minimum Gasteiger partial charge on any atom is -0.330 e. The molecule has 1 aliphatic heterocycles. The van der Waals surface area contributed by atoms with Crippen molar-refractivity contribution in [1.82, 2.24) is 0 Å². The maximum Gasteiger partial charge on any atom is 0.0376 e. The van der Waals surface area contributed by atoms with Crippen molar-refractivity contribution in [2.24, 2.45) is 10.7 Å². The van der Waals surface area contributed by atoms with Gasteiger partial charge in [-0.1, -0.05) is 13.5 Å². The Bertz CT molecular complexity index is 130. The Hall–Kier alpha value is -0.340. The van der Waals surface area contributed by atoms with E-state index in [2.05, 4.69) is 11.1 Å². The average molecular weight is 163 g/mol. The molecule has 0 bridgehead atoms. The molecule has 0 aromatic heterocycles. The smallest absolute Gasteiger partial charge is 0.0376 e. The van der Waals surface area contributed by atoms with Gasteiger partial charge in [-0.25, -0.2) is 0 Å². The first kappa shape index (κ1) is 12.3. The molecule has 60 valence electrons. The highest BCUT2D eigenvalue weighted by Gasteiger charge is 1.94. The van der Waals surface area contributed by atoms with Crippen LogP contribution in [-0.4, -0.2) is 12.8 Å². The Morgan fingerprint density at radius 2 is 2.30 bits per heavy atom. The summed E-state index contributed by atoms with van der Waals surface area (Å²) in [4.78, 5) is 4.08. The lowest BCUT2D eigenvalue weighted by Crippen LogP contribution is -1.97. The number of hydrogen-bond donors (Lipinski definition) is 1. The van der Waals surface area contributed by atoms with Crippen molar-refractivity contribution < 1.29 is 0 Å². The molecule has 0 aliphatic carbocycles. The van der Waals surface area contributed by atoms with Gasteiger partial charge in [-0.15, -0.1) is 12.4 Å². The van der Waals surface area contributed by atoms with E-state index in [0.717, 1.165) is 18.5 Å². The molecule has 0 aromatic carbocycles. The Balaban J connectivity index is 0. The first-order chi connectivity index (χ1) is 3.93. The van der Waals surface area contributed by atoms with Gasteiger partial charge in [0.1, 0.15) is 0 Å². The minimum absolute atomic E-state index is 0. The monoisotopic (exact) mass is 162 g/mol. The largest absolute Gasteiger partial charge is 0.330 e. The molecule has 1 rings (SSSR count). The van der Waals surface area contributed by atoms with Crippen LogP contribution in [0.25, 0.3) is 0 Å². The van der Waals surface area contributed by atoms with E-state index in [1.165, 1.54) is 0 Å². The first-order valence-electron chi connectivity index (χ1n) is 2.85. The van der Waals surface area contributed by atoms with Crippen LogP contribution in [0.1, 0.15) is 20.3 Å². The summed E-state index contributed by atoms with van der Waals surface area (Å²) in [6.45, 7) is 0.711. The van der Waals surface area contributed by atoms with Crippen LogP contribution in [0.5, 0.6) is 0 Å². The lowest BCUT2D eigenvalue weighted by atomic mass is 10.3. The van der Waals surface area contributed by atoms with Gasteiger partial charge in [0.2, 0.25) is 0 Å². The normalized spacial score (nSPS) is 13.5. The lowest BCUT2D eigenvalue weighted by molar-refractivity contribution is 0.941. The van der Waals surface area contributed by atoms with Crippen LogP contribution in [0.2, 0.25) is 0 Å². The maximum absolute atomic E-state index is 5.29. The number of allylic oxidation sites excluding steroid dienone is 1. The predicted molar refractivity (Wildman–Crippen MR) is 48.8 cm³/mol. The van der Waals surface area contributed by atoms with E-state index in [1.807, 2.05) is 6.21 Å². The van der Waals surface area contributed by atoms with E-state index in [-0.39, 0.29) is 19.8 Å². The number of nitrogens with two attached hydrogens (primary N) is 1. The molecule has 2 nitrogen and oxygen atoms in total. The third-order valence-electron chi connectivity index (χ3n) is 1.12. The Labute approximate surface area is 68.6 Å². The second kappa shape index (κ2) is 6.78. The molecule has 3 heteroatoms. The van der Waals surface area contributed by atoms with Crippen LogP contribution >= 0.6 is 12.4 Å². The van der Waals surface area contributed by atoms with Gasteiger partial charge in [0.25, 0.3) is 0 Å². The van der Waals surface area contributed by atoms with Gasteiger partial charge >= 0.3 is 0 Å². The highest BCUT2D eigenvalue weighted by Crippen LogP contribution is 2.07. The van der Waals surface area contributed by atoms with E-state index in [0.29, 0.717) is 6.54 Å². The molecule has 0 amide bonds. The fourth-order valence-electron chi connectivity index (χ4n) is 0.726. The topological polar surface area (TPSA) is 38.4 Å². The summed E-state index contributed by atoms with van der Waals surface area (Å²) >= 11 is 0. The molecule has 0 fully saturated rings. The minimum atomic E-state index is 0.